The molecule has 4 aromatic carbocycles. The van der Waals surface area contributed by atoms with Crippen molar-refractivity contribution in [3.05, 3.63) is 120 Å². The van der Waals surface area contributed by atoms with Gasteiger partial charge in [0.15, 0.2) is 0 Å². The Labute approximate surface area is 261 Å². The van der Waals surface area contributed by atoms with Crippen LogP contribution in [0.1, 0.15) is 29.6 Å². The molecule has 4 aromatic rings. The van der Waals surface area contributed by atoms with Gasteiger partial charge in [-0.2, -0.15) is 0 Å². The van der Waals surface area contributed by atoms with Gasteiger partial charge in [0.25, 0.3) is 0 Å². The van der Waals surface area contributed by atoms with Crippen molar-refractivity contribution in [2.24, 2.45) is 0 Å². The molecule has 0 unspecified atom stereocenters. The molecule has 0 saturated carbocycles. The standard InChI is InChI=1S/C35H36N2O8/c38-34(39)32(44-24-12-3-1-4-13-24)30-26-16-7-9-18-28(26)42-22-23-43-29-19-10-8-17-27(29)31(37-21-11-20-36-30)33(35(40)41)45-25-14-5-2-6-15-25/h1-10,12-19,30-33,36-37H,11,20-23H2,(H,38,39)(H,40,41)/t30-,31+,32+,33-. The Hall–Kier alpha value is -5.06. The lowest BCUT2D eigenvalue weighted by Crippen LogP contribution is -2.43. The summed E-state index contributed by atoms with van der Waals surface area (Å²) in [5.74, 6) is -0.415. The van der Waals surface area contributed by atoms with E-state index >= 15 is 0 Å². The molecular weight excluding hydrogens is 576 g/mol. The third-order valence-corrected chi connectivity index (χ3v) is 7.29. The Morgan fingerprint density at radius 2 is 0.978 bits per heavy atom. The maximum Gasteiger partial charge on any atom is 0.346 e. The van der Waals surface area contributed by atoms with Crippen molar-refractivity contribution in [3.63, 3.8) is 0 Å². The monoisotopic (exact) mass is 612 g/mol. The van der Waals surface area contributed by atoms with Gasteiger partial charge >= 0.3 is 11.9 Å². The maximum atomic E-state index is 12.6. The molecule has 45 heavy (non-hydrogen) atoms. The molecule has 1 aliphatic rings. The number of carboxylic acids is 2. The molecule has 4 atom stereocenters. The predicted molar refractivity (Wildman–Crippen MR) is 167 cm³/mol. The van der Waals surface area contributed by atoms with E-state index in [1.54, 1.807) is 60.7 Å². The zero-order chi connectivity index (χ0) is 31.4. The number of aliphatic carboxylic acids is 2. The Bertz CT molecular complexity index is 1420. The van der Waals surface area contributed by atoms with Gasteiger partial charge in [-0.15, -0.1) is 0 Å². The van der Waals surface area contributed by atoms with Crippen molar-refractivity contribution in [1.82, 2.24) is 10.6 Å². The molecule has 1 heterocycles. The highest BCUT2D eigenvalue weighted by Crippen LogP contribution is 2.32. The SMILES string of the molecule is O=C(O)[C@@H](Oc1ccccc1)[C@@H]1NCCCN[C@H]([C@@H](Oc2ccccc2)C(=O)O)c2ccccc2OCCOc2ccccc21. The van der Waals surface area contributed by atoms with Gasteiger partial charge in [-0.05, 0) is 55.9 Å². The van der Waals surface area contributed by atoms with Crippen LogP contribution >= 0.6 is 0 Å². The molecule has 10 heteroatoms. The Morgan fingerprint density at radius 3 is 1.38 bits per heavy atom. The van der Waals surface area contributed by atoms with Crippen LogP contribution in [0.5, 0.6) is 23.0 Å². The number of fused-ring (bicyclic) bond motifs is 2. The fraction of sp³-hybridized carbons (Fsp3) is 0.257. The first-order valence-electron chi connectivity index (χ1n) is 14.8. The van der Waals surface area contributed by atoms with Crippen molar-refractivity contribution in [2.75, 3.05) is 26.3 Å². The summed E-state index contributed by atoms with van der Waals surface area (Å²) in [6.07, 6.45) is -2.02. The van der Waals surface area contributed by atoms with Crippen molar-refractivity contribution in [3.8, 4) is 23.0 Å². The normalized spacial score (nSPS) is 18.6. The lowest BCUT2D eigenvalue weighted by Gasteiger charge is -2.28. The molecular formula is C35H36N2O8. The van der Waals surface area contributed by atoms with Gasteiger partial charge < -0.3 is 39.8 Å². The Kier molecular flexibility index (Phi) is 10.9. The molecule has 0 bridgehead atoms. The fourth-order valence-corrected chi connectivity index (χ4v) is 5.22. The molecule has 0 aromatic heterocycles. The number of hydrogen-bond acceptors (Lipinski definition) is 8. The molecule has 0 amide bonds. The quantitative estimate of drug-likeness (QED) is 0.218. The van der Waals surface area contributed by atoms with Crippen LogP contribution < -0.4 is 29.6 Å². The summed E-state index contributed by atoms with van der Waals surface area (Å²) in [6, 6.07) is 30.6. The van der Waals surface area contributed by atoms with Gasteiger partial charge in [-0.25, -0.2) is 9.59 Å². The molecule has 10 nitrogen and oxygen atoms in total. The van der Waals surface area contributed by atoms with Crippen LogP contribution in [0.4, 0.5) is 0 Å². The van der Waals surface area contributed by atoms with Crippen LogP contribution in [0.25, 0.3) is 0 Å². The second-order valence-electron chi connectivity index (χ2n) is 10.4. The van der Waals surface area contributed by atoms with E-state index in [4.69, 9.17) is 18.9 Å². The van der Waals surface area contributed by atoms with Crippen molar-refractivity contribution < 1.29 is 38.7 Å². The zero-order valence-electron chi connectivity index (χ0n) is 24.6. The molecule has 234 valence electrons. The van der Waals surface area contributed by atoms with Gasteiger partial charge in [0.1, 0.15) is 36.2 Å². The predicted octanol–water partition coefficient (Wildman–Crippen LogP) is 4.87. The molecule has 0 saturated heterocycles. The minimum absolute atomic E-state index is 0.149. The smallest absolute Gasteiger partial charge is 0.346 e. The summed E-state index contributed by atoms with van der Waals surface area (Å²) >= 11 is 0. The average Bonchev–Trinajstić information content (AvgIpc) is 3.06. The average molecular weight is 613 g/mol. The van der Waals surface area contributed by atoms with E-state index in [0.29, 0.717) is 53.6 Å². The molecule has 0 radical (unpaired) electrons. The summed E-state index contributed by atoms with van der Waals surface area (Å²) in [4.78, 5) is 25.2. The molecule has 0 aliphatic carbocycles. The largest absolute Gasteiger partial charge is 0.490 e. The van der Waals surface area contributed by atoms with Crippen LogP contribution in [0, 0.1) is 0 Å². The molecule has 1 aliphatic heterocycles. The van der Waals surface area contributed by atoms with Gasteiger partial charge in [-0.1, -0.05) is 72.8 Å². The molecule has 4 N–H and O–H groups in total. The number of carboxylic acid groups (broad SMARTS) is 2. The van der Waals surface area contributed by atoms with Gasteiger partial charge in [0, 0.05) is 11.1 Å². The first kappa shape index (κ1) is 31.4. The van der Waals surface area contributed by atoms with Crippen LogP contribution in [-0.4, -0.2) is 60.7 Å². The van der Waals surface area contributed by atoms with E-state index < -0.39 is 36.2 Å². The Morgan fingerprint density at radius 1 is 0.600 bits per heavy atom. The number of nitrogens with one attached hydrogen (secondary N) is 2. The Balaban J connectivity index is 1.44. The third-order valence-electron chi connectivity index (χ3n) is 7.29. The van der Waals surface area contributed by atoms with Gasteiger partial charge in [0.05, 0.1) is 12.1 Å². The minimum Gasteiger partial charge on any atom is -0.490 e. The van der Waals surface area contributed by atoms with Gasteiger partial charge in [-0.3, -0.25) is 0 Å². The van der Waals surface area contributed by atoms with Crippen LogP contribution in [0.15, 0.2) is 109 Å². The van der Waals surface area contributed by atoms with Crippen molar-refractivity contribution in [2.45, 2.75) is 30.7 Å². The highest BCUT2D eigenvalue weighted by Gasteiger charge is 2.35. The number of carbonyl (C=O) groups is 2. The highest BCUT2D eigenvalue weighted by atomic mass is 16.5. The molecule has 5 rings (SSSR count). The molecule has 0 spiro atoms. The minimum atomic E-state index is -1.27. The second kappa shape index (κ2) is 15.6. The first-order valence-corrected chi connectivity index (χ1v) is 14.8. The number of benzene rings is 4. The lowest BCUT2D eigenvalue weighted by molar-refractivity contribution is -0.147. The van der Waals surface area contributed by atoms with Gasteiger partial charge in [0.2, 0.25) is 12.2 Å². The van der Waals surface area contributed by atoms with E-state index in [2.05, 4.69) is 10.6 Å². The van der Waals surface area contributed by atoms with Crippen LogP contribution in [0.2, 0.25) is 0 Å². The van der Waals surface area contributed by atoms with Crippen LogP contribution in [-0.2, 0) is 9.59 Å². The number of rotatable bonds is 8. The first-order chi connectivity index (χ1) is 22.0. The maximum absolute atomic E-state index is 12.6. The number of hydrogen-bond donors (Lipinski definition) is 4. The summed E-state index contributed by atoms with van der Waals surface area (Å²) < 4.78 is 24.3. The highest BCUT2D eigenvalue weighted by molar-refractivity contribution is 5.75. The summed E-state index contributed by atoms with van der Waals surface area (Å²) in [7, 11) is 0. The second-order valence-corrected chi connectivity index (χ2v) is 10.4. The number of ether oxygens (including phenoxy) is 4. The van der Waals surface area contributed by atoms with Crippen LogP contribution in [0.3, 0.4) is 0 Å². The fourth-order valence-electron chi connectivity index (χ4n) is 5.22. The summed E-state index contributed by atoms with van der Waals surface area (Å²) in [6.45, 7) is 1.07. The summed E-state index contributed by atoms with van der Waals surface area (Å²) in [5, 5.41) is 27.3. The third kappa shape index (κ3) is 8.31. The van der Waals surface area contributed by atoms with E-state index in [9.17, 15) is 19.8 Å². The van der Waals surface area contributed by atoms with E-state index in [-0.39, 0.29) is 13.2 Å². The zero-order valence-corrected chi connectivity index (χ0v) is 24.6. The van der Waals surface area contributed by atoms with Crippen molar-refractivity contribution in [1.29, 1.82) is 0 Å². The van der Waals surface area contributed by atoms with E-state index in [0.717, 1.165) is 0 Å². The lowest BCUT2D eigenvalue weighted by atomic mass is 9.99. The van der Waals surface area contributed by atoms with E-state index in [1.807, 2.05) is 48.5 Å². The van der Waals surface area contributed by atoms with Crippen molar-refractivity contribution >= 4 is 11.9 Å². The number of para-hydroxylation sites is 4. The summed E-state index contributed by atoms with van der Waals surface area (Å²) in [5.41, 5.74) is 1.26. The topological polar surface area (TPSA) is 136 Å². The van der Waals surface area contributed by atoms with E-state index in [1.165, 1.54) is 0 Å². The molecule has 0 fully saturated rings.